The highest BCUT2D eigenvalue weighted by Gasteiger charge is 2.15. The first-order valence-corrected chi connectivity index (χ1v) is 6.55. The molecule has 18 heavy (non-hydrogen) atoms. The number of halogens is 1. The molecule has 1 atom stereocenters. The Bertz CT molecular complexity index is 424. The van der Waals surface area contributed by atoms with E-state index in [0.29, 0.717) is 24.6 Å². The SMILES string of the molecule is CC(C)CC(O)CNc1cc(Br)ccc1[N+](=O)[O-]. The van der Waals surface area contributed by atoms with Crippen LogP contribution in [-0.2, 0) is 0 Å². The van der Waals surface area contributed by atoms with E-state index in [-0.39, 0.29) is 5.69 Å². The number of anilines is 1. The Kier molecular flexibility index (Phi) is 5.55. The lowest BCUT2D eigenvalue weighted by atomic mass is 10.1. The summed E-state index contributed by atoms with van der Waals surface area (Å²) in [6.45, 7) is 4.34. The van der Waals surface area contributed by atoms with Gasteiger partial charge in [-0.25, -0.2) is 0 Å². The maximum Gasteiger partial charge on any atom is 0.292 e. The summed E-state index contributed by atoms with van der Waals surface area (Å²) < 4.78 is 0.758. The first kappa shape index (κ1) is 14.9. The molecule has 0 saturated carbocycles. The molecule has 1 aromatic carbocycles. The van der Waals surface area contributed by atoms with E-state index in [4.69, 9.17) is 0 Å². The molecule has 100 valence electrons. The van der Waals surface area contributed by atoms with Gasteiger partial charge in [0.15, 0.2) is 0 Å². The zero-order valence-electron chi connectivity index (χ0n) is 10.4. The van der Waals surface area contributed by atoms with E-state index in [1.165, 1.54) is 6.07 Å². The Morgan fingerprint density at radius 3 is 2.72 bits per heavy atom. The van der Waals surface area contributed by atoms with E-state index in [1.807, 2.05) is 13.8 Å². The molecule has 0 spiro atoms. The van der Waals surface area contributed by atoms with Crippen molar-refractivity contribution in [3.05, 3.63) is 32.8 Å². The van der Waals surface area contributed by atoms with Crippen LogP contribution in [0.2, 0.25) is 0 Å². The molecule has 0 amide bonds. The molecule has 0 aliphatic rings. The van der Waals surface area contributed by atoms with Crippen molar-refractivity contribution in [1.29, 1.82) is 0 Å². The molecule has 0 saturated heterocycles. The zero-order chi connectivity index (χ0) is 13.7. The van der Waals surface area contributed by atoms with Gasteiger partial charge >= 0.3 is 0 Å². The van der Waals surface area contributed by atoms with Crippen molar-refractivity contribution in [3.63, 3.8) is 0 Å². The van der Waals surface area contributed by atoms with Crippen molar-refractivity contribution in [1.82, 2.24) is 0 Å². The molecule has 0 aromatic heterocycles. The molecule has 0 fully saturated rings. The lowest BCUT2D eigenvalue weighted by molar-refractivity contribution is -0.384. The molecule has 0 aliphatic carbocycles. The Balaban J connectivity index is 2.71. The van der Waals surface area contributed by atoms with Gasteiger partial charge in [0.1, 0.15) is 5.69 Å². The summed E-state index contributed by atoms with van der Waals surface area (Å²) in [6.07, 6.45) is 0.151. The summed E-state index contributed by atoms with van der Waals surface area (Å²) in [6, 6.07) is 4.69. The lowest BCUT2D eigenvalue weighted by Gasteiger charge is -2.14. The second-order valence-corrected chi connectivity index (χ2v) is 5.50. The molecule has 0 bridgehead atoms. The van der Waals surface area contributed by atoms with Crippen molar-refractivity contribution >= 4 is 27.3 Å². The maximum absolute atomic E-state index is 10.8. The van der Waals surface area contributed by atoms with Gasteiger partial charge in [0, 0.05) is 17.1 Å². The van der Waals surface area contributed by atoms with Crippen LogP contribution in [0.5, 0.6) is 0 Å². The summed E-state index contributed by atoms with van der Waals surface area (Å²) in [5.41, 5.74) is 0.423. The van der Waals surface area contributed by atoms with Gasteiger partial charge < -0.3 is 10.4 Å². The standard InChI is InChI=1S/C12H17BrN2O3/c1-8(2)5-10(16)7-14-11-6-9(13)3-4-12(11)15(17)18/h3-4,6,8,10,14,16H,5,7H2,1-2H3. The number of hydrogen-bond donors (Lipinski definition) is 2. The Labute approximate surface area is 114 Å². The van der Waals surface area contributed by atoms with Crippen LogP contribution in [0.1, 0.15) is 20.3 Å². The van der Waals surface area contributed by atoms with E-state index in [9.17, 15) is 15.2 Å². The maximum atomic E-state index is 10.8. The van der Waals surface area contributed by atoms with Gasteiger partial charge in [-0.15, -0.1) is 0 Å². The highest BCUT2D eigenvalue weighted by atomic mass is 79.9. The van der Waals surface area contributed by atoms with Crippen LogP contribution in [-0.4, -0.2) is 22.7 Å². The predicted molar refractivity (Wildman–Crippen MR) is 74.7 cm³/mol. The van der Waals surface area contributed by atoms with Crippen molar-refractivity contribution in [2.45, 2.75) is 26.4 Å². The smallest absolute Gasteiger partial charge is 0.292 e. The molecule has 1 unspecified atom stereocenters. The van der Waals surface area contributed by atoms with E-state index in [2.05, 4.69) is 21.2 Å². The van der Waals surface area contributed by atoms with Gasteiger partial charge in [0.25, 0.3) is 5.69 Å². The number of nitrogens with one attached hydrogen (secondary N) is 1. The number of aliphatic hydroxyl groups excluding tert-OH is 1. The highest BCUT2D eigenvalue weighted by Crippen LogP contribution is 2.27. The number of hydrogen-bond acceptors (Lipinski definition) is 4. The van der Waals surface area contributed by atoms with Crippen LogP contribution < -0.4 is 5.32 Å². The third-order valence-corrected chi connectivity index (χ3v) is 2.92. The van der Waals surface area contributed by atoms with Gasteiger partial charge in [-0.2, -0.15) is 0 Å². The number of rotatable bonds is 6. The largest absolute Gasteiger partial charge is 0.391 e. The minimum Gasteiger partial charge on any atom is -0.391 e. The van der Waals surface area contributed by atoms with Crippen molar-refractivity contribution in [3.8, 4) is 0 Å². The number of nitro benzene ring substituents is 1. The highest BCUT2D eigenvalue weighted by molar-refractivity contribution is 9.10. The summed E-state index contributed by atoms with van der Waals surface area (Å²) in [5.74, 6) is 0.388. The van der Waals surface area contributed by atoms with Crippen LogP contribution in [0.3, 0.4) is 0 Å². The first-order valence-electron chi connectivity index (χ1n) is 5.76. The van der Waals surface area contributed by atoms with Crippen LogP contribution >= 0.6 is 15.9 Å². The number of nitrogens with zero attached hydrogens (tertiary/aromatic N) is 1. The quantitative estimate of drug-likeness (QED) is 0.624. The molecular weight excluding hydrogens is 300 g/mol. The number of benzene rings is 1. The summed E-state index contributed by atoms with van der Waals surface area (Å²) >= 11 is 3.27. The molecular formula is C12H17BrN2O3. The normalized spacial score (nSPS) is 12.5. The summed E-state index contributed by atoms with van der Waals surface area (Å²) in [4.78, 5) is 10.4. The van der Waals surface area contributed by atoms with Crippen molar-refractivity contribution in [2.75, 3.05) is 11.9 Å². The van der Waals surface area contributed by atoms with Gasteiger partial charge in [-0.1, -0.05) is 29.8 Å². The second kappa shape index (κ2) is 6.70. The molecule has 5 nitrogen and oxygen atoms in total. The van der Waals surface area contributed by atoms with Gasteiger partial charge in [-0.05, 0) is 24.5 Å². The lowest BCUT2D eigenvalue weighted by Crippen LogP contribution is -2.21. The summed E-state index contributed by atoms with van der Waals surface area (Å²) in [7, 11) is 0. The van der Waals surface area contributed by atoms with E-state index >= 15 is 0 Å². The van der Waals surface area contributed by atoms with Crippen LogP contribution in [0, 0.1) is 16.0 Å². The minimum atomic E-state index is -0.511. The second-order valence-electron chi connectivity index (χ2n) is 4.58. The molecule has 1 aromatic rings. The van der Waals surface area contributed by atoms with Crippen LogP contribution in [0.4, 0.5) is 11.4 Å². The zero-order valence-corrected chi connectivity index (χ0v) is 12.0. The Morgan fingerprint density at radius 1 is 1.50 bits per heavy atom. The molecule has 1 rings (SSSR count). The summed E-state index contributed by atoms with van der Waals surface area (Å²) in [5, 5.41) is 23.5. The topological polar surface area (TPSA) is 75.4 Å². The monoisotopic (exact) mass is 316 g/mol. The third-order valence-electron chi connectivity index (χ3n) is 2.43. The van der Waals surface area contributed by atoms with Gasteiger partial charge in [0.2, 0.25) is 0 Å². The fraction of sp³-hybridized carbons (Fsp3) is 0.500. The molecule has 2 N–H and O–H groups in total. The first-order chi connectivity index (χ1) is 8.40. The molecule has 0 radical (unpaired) electrons. The molecule has 6 heteroatoms. The van der Waals surface area contributed by atoms with Crippen molar-refractivity contribution < 1.29 is 10.0 Å². The predicted octanol–water partition coefficient (Wildman–Crippen LogP) is 3.18. The molecule has 0 heterocycles. The van der Waals surface area contributed by atoms with Crippen LogP contribution in [0.15, 0.2) is 22.7 Å². The molecule has 0 aliphatic heterocycles. The number of nitro groups is 1. The number of aliphatic hydroxyl groups is 1. The average Bonchev–Trinajstić information content (AvgIpc) is 2.25. The van der Waals surface area contributed by atoms with Crippen molar-refractivity contribution in [2.24, 2.45) is 5.92 Å². The van der Waals surface area contributed by atoms with E-state index in [0.717, 1.165) is 4.47 Å². The van der Waals surface area contributed by atoms with Gasteiger partial charge in [-0.3, -0.25) is 10.1 Å². The van der Waals surface area contributed by atoms with Gasteiger partial charge in [0.05, 0.1) is 11.0 Å². The third kappa shape index (κ3) is 4.62. The Morgan fingerprint density at radius 2 is 2.17 bits per heavy atom. The van der Waals surface area contributed by atoms with Crippen LogP contribution in [0.25, 0.3) is 0 Å². The minimum absolute atomic E-state index is 0.00921. The van der Waals surface area contributed by atoms with E-state index < -0.39 is 11.0 Å². The fourth-order valence-electron chi connectivity index (χ4n) is 1.66. The average molecular weight is 317 g/mol. The van der Waals surface area contributed by atoms with E-state index in [1.54, 1.807) is 12.1 Å². The fourth-order valence-corrected chi connectivity index (χ4v) is 2.03. The Hall–Kier alpha value is -1.14.